The molecule has 1 N–H and O–H groups in total. The monoisotopic (exact) mass is 392 g/mol. The largest absolute Gasteiger partial charge is 0.497 e. The standard InChI is InChI=1S/C21H17ClN4O2/c1-28-18-9-2-14(3-10-18)13-26-20-11-4-15(12-19(20)24-25-26)21(27)23-17-7-5-16(22)6-8-17/h2-12H,13H2,1H3,(H,23,27). The predicted molar refractivity (Wildman–Crippen MR) is 109 cm³/mol. The van der Waals surface area contributed by atoms with E-state index in [0.29, 0.717) is 28.3 Å². The number of carbonyl (C=O) groups is 1. The lowest BCUT2D eigenvalue weighted by molar-refractivity contribution is 0.102. The molecule has 0 fully saturated rings. The highest BCUT2D eigenvalue weighted by Gasteiger charge is 2.11. The van der Waals surface area contributed by atoms with Crippen molar-refractivity contribution in [2.75, 3.05) is 12.4 Å². The molecule has 0 atom stereocenters. The van der Waals surface area contributed by atoms with E-state index < -0.39 is 0 Å². The number of nitrogens with one attached hydrogen (secondary N) is 1. The molecule has 1 aromatic heterocycles. The van der Waals surface area contributed by atoms with Crippen molar-refractivity contribution in [2.45, 2.75) is 6.54 Å². The zero-order valence-electron chi connectivity index (χ0n) is 15.1. The first-order valence-electron chi connectivity index (χ1n) is 8.65. The van der Waals surface area contributed by atoms with Crippen LogP contribution in [-0.4, -0.2) is 28.0 Å². The van der Waals surface area contributed by atoms with Crippen molar-refractivity contribution in [1.82, 2.24) is 15.0 Å². The molecule has 3 aromatic carbocycles. The maximum atomic E-state index is 12.5. The van der Waals surface area contributed by atoms with Crippen molar-refractivity contribution >= 4 is 34.2 Å². The highest BCUT2D eigenvalue weighted by molar-refractivity contribution is 6.30. The van der Waals surface area contributed by atoms with Gasteiger partial charge in [0.1, 0.15) is 11.3 Å². The minimum absolute atomic E-state index is 0.214. The van der Waals surface area contributed by atoms with Crippen LogP contribution in [0.5, 0.6) is 5.75 Å². The number of hydrogen-bond acceptors (Lipinski definition) is 4. The van der Waals surface area contributed by atoms with Crippen molar-refractivity contribution in [3.05, 3.63) is 82.9 Å². The summed E-state index contributed by atoms with van der Waals surface area (Å²) in [6, 6.07) is 20.1. The summed E-state index contributed by atoms with van der Waals surface area (Å²) in [5.74, 6) is 0.595. The van der Waals surface area contributed by atoms with Crippen molar-refractivity contribution in [2.24, 2.45) is 0 Å². The molecule has 0 unspecified atom stereocenters. The van der Waals surface area contributed by atoms with Crippen molar-refractivity contribution in [1.29, 1.82) is 0 Å². The van der Waals surface area contributed by atoms with Gasteiger partial charge in [-0.1, -0.05) is 28.9 Å². The number of anilines is 1. The SMILES string of the molecule is COc1ccc(Cn2nnc3cc(C(=O)Nc4ccc(Cl)cc4)ccc32)cc1. The summed E-state index contributed by atoms with van der Waals surface area (Å²) >= 11 is 5.87. The van der Waals surface area contributed by atoms with Crippen LogP contribution in [-0.2, 0) is 6.54 Å². The molecule has 0 spiro atoms. The number of amides is 1. The van der Waals surface area contributed by atoms with E-state index in [2.05, 4.69) is 15.6 Å². The van der Waals surface area contributed by atoms with Crippen LogP contribution in [0.4, 0.5) is 5.69 Å². The first kappa shape index (κ1) is 18.0. The average Bonchev–Trinajstić information content (AvgIpc) is 3.12. The fourth-order valence-electron chi connectivity index (χ4n) is 2.87. The molecule has 0 aliphatic heterocycles. The molecule has 0 saturated heterocycles. The molecule has 6 nitrogen and oxygen atoms in total. The van der Waals surface area contributed by atoms with Crippen LogP contribution in [0.1, 0.15) is 15.9 Å². The average molecular weight is 393 g/mol. The first-order chi connectivity index (χ1) is 13.6. The van der Waals surface area contributed by atoms with E-state index in [9.17, 15) is 4.79 Å². The number of nitrogens with zero attached hydrogens (tertiary/aromatic N) is 3. The smallest absolute Gasteiger partial charge is 0.255 e. The molecule has 4 rings (SSSR count). The van der Waals surface area contributed by atoms with Gasteiger partial charge in [0.2, 0.25) is 0 Å². The van der Waals surface area contributed by atoms with Gasteiger partial charge in [-0.25, -0.2) is 4.68 Å². The second kappa shape index (κ2) is 7.70. The van der Waals surface area contributed by atoms with Crippen LogP contribution >= 0.6 is 11.6 Å². The van der Waals surface area contributed by atoms with Gasteiger partial charge in [0, 0.05) is 16.3 Å². The number of ether oxygens (including phenoxy) is 1. The number of fused-ring (bicyclic) bond motifs is 1. The molecular weight excluding hydrogens is 376 g/mol. The Hall–Kier alpha value is -3.38. The van der Waals surface area contributed by atoms with Gasteiger partial charge < -0.3 is 10.1 Å². The van der Waals surface area contributed by atoms with E-state index in [1.807, 2.05) is 30.3 Å². The number of benzene rings is 3. The summed E-state index contributed by atoms with van der Waals surface area (Å²) in [4.78, 5) is 12.5. The van der Waals surface area contributed by atoms with Gasteiger partial charge in [0.15, 0.2) is 0 Å². The number of hydrogen-bond donors (Lipinski definition) is 1. The van der Waals surface area contributed by atoms with Crippen molar-refractivity contribution in [3.8, 4) is 5.75 Å². The summed E-state index contributed by atoms with van der Waals surface area (Å²) in [7, 11) is 1.64. The summed E-state index contributed by atoms with van der Waals surface area (Å²) in [6.45, 7) is 0.580. The predicted octanol–water partition coefficient (Wildman–Crippen LogP) is 4.39. The number of halogens is 1. The Kier molecular flexibility index (Phi) is 4.95. The Morgan fingerprint density at radius 1 is 1.07 bits per heavy atom. The molecule has 1 heterocycles. The van der Waals surface area contributed by atoms with Gasteiger partial charge in [-0.2, -0.15) is 0 Å². The summed E-state index contributed by atoms with van der Waals surface area (Å²) in [6.07, 6.45) is 0. The topological polar surface area (TPSA) is 69.0 Å². The first-order valence-corrected chi connectivity index (χ1v) is 9.03. The zero-order valence-corrected chi connectivity index (χ0v) is 15.8. The maximum Gasteiger partial charge on any atom is 0.255 e. The van der Waals surface area contributed by atoms with Crippen LogP contribution in [0.2, 0.25) is 5.02 Å². The maximum absolute atomic E-state index is 12.5. The normalized spacial score (nSPS) is 10.8. The second-order valence-electron chi connectivity index (χ2n) is 6.26. The molecule has 0 saturated carbocycles. The Balaban J connectivity index is 1.53. The number of rotatable bonds is 5. The molecule has 4 aromatic rings. The Labute approximate surface area is 166 Å². The molecule has 28 heavy (non-hydrogen) atoms. The quantitative estimate of drug-likeness (QED) is 0.546. The molecule has 140 valence electrons. The summed E-state index contributed by atoms with van der Waals surface area (Å²) < 4.78 is 6.98. The lowest BCUT2D eigenvalue weighted by Gasteiger charge is -2.06. The van der Waals surface area contributed by atoms with Gasteiger partial charge in [0.05, 0.1) is 19.2 Å². The lowest BCUT2D eigenvalue weighted by Crippen LogP contribution is -2.11. The van der Waals surface area contributed by atoms with Crippen molar-refractivity contribution < 1.29 is 9.53 Å². The molecule has 0 radical (unpaired) electrons. The van der Waals surface area contributed by atoms with E-state index in [1.165, 1.54) is 0 Å². The number of aromatic nitrogens is 3. The van der Waals surface area contributed by atoms with E-state index in [4.69, 9.17) is 16.3 Å². The second-order valence-corrected chi connectivity index (χ2v) is 6.70. The van der Waals surface area contributed by atoms with E-state index >= 15 is 0 Å². The summed E-state index contributed by atoms with van der Waals surface area (Å²) in [5.41, 5.74) is 3.80. The van der Waals surface area contributed by atoms with Crippen LogP contribution in [0.15, 0.2) is 66.7 Å². The van der Waals surface area contributed by atoms with E-state index in [0.717, 1.165) is 16.8 Å². The minimum atomic E-state index is -0.214. The highest BCUT2D eigenvalue weighted by Crippen LogP contribution is 2.19. The van der Waals surface area contributed by atoms with Gasteiger partial charge in [-0.05, 0) is 60.2 Å². The van der Waals surface area contributed by atoms with Crippen LogP contribution in [0.25, 0.3) is 11.0 Å². The third-order valence-electron chi connectivity index (χ3n) is 4.37. The van der Waals surface area contributed by atoms with Gasteiger partial charge in [-0.15, -0.1) is 5.10 Å². The third kappa shape index (κ3) is 3.82. The zero-order chi connectivity index (χ0) is 19.5. The van der Waals surface area contributed by atoms with Gasteiger partial charge >= 0.3 is 0 Å². The minimum Gasteiger partial charge on any atom is -0.497 e. The fraction of sp³-hybridized carbons (Fsp3) is 0.0952. The van der Waals surface area contributed by atoms with Gasteiger partial charge in [-0.3, -0.25) is 4.79 Å². The highest BCUT2D eigenvalue weighted by atomic mass is 35.5. The van der Waals surface area contributed by atoms with Crippen LogP contribution in [0, 0.1) is 0 Å². The van der Waals surface area contributed by atoms with E-state index in [1.54, 1.807) is 48.2 Å². The Morgan fingerprint density at radius 3 is 2.54 bits per heavy atom. The molecule has 0 aliphatic carbocycles. The molecule has 0 aliphatic rings. The summed E-state index contributed by atoms with van der Waals surface area (Å²) in [5, 5.41) is 11.9. The number of carbonyl (C=O) groups excluding carboxylic acids is 1. The molecule has 0 bridgehead atoms. The number of methoxy groups -OCH3 is 1. The fourth-order valence-corrected chi connectivity index (χ4v) is 3.00. The molecule has 7 heteroatoms. The molecule has 1 amide bonds. The Bertz CT molecular complexity index is 1120. The Morgan fingerprint density at radius 2 is 1.82 bits per heavy atom. The molecular formula is C21H17ClN4O2. The third-order valence-corrected chi connectivity index (χ3v) is 4.62. The van der Waals surface area contributed by atoms with Crippen LogP contribution < -0.4 is 10.1 Å². The van der Waals surface area contributed by atoms with Crippen LogP contribution in [0.3, 0.4) is 0 Å². The van der Waals surface area contributed by atoms with Gasteiger partial charge in [0.25, 0.3) is 5.91 Å². The van der Waals surface area contributed by atoms with E-state index in [-0.39, 0.29) is 5.91 Å². The lowest BCUT2D eigenvalue weighted by atomic mass is 10.1. The van der Waals surface area contributed by atoms with Crippen molar-refractivity contribution in [3.63, 3.8) is 0 Å².